The molecule has 0 rings (SSSR count). The lowest BCUT2D eigenvalue weighted by molar-refractivity contribution is 0.116. The number of aliphatic hydroxyl groups excluding tert-OH is 1. The van der Waals surface area contributed by atoms with Gasteiger partial charge in [0.05, 0.1) is 0 Å². The highest BCUT2D eigenvalue weighted by Gasteiger charge is 1.82. The zero-order valence-corrected chi connectivity index (χ0v) is 5.39. The number of ether oxygens (including phenoxy) is 1. The van der Waals surface area contributed by atoms with Gasteiger partial charge in [-0.05, 0) is 12.8 Å². The molecule has 0 unspecified atom stereocenters. The van der Waals surface area contributed by atoms with E-state index in [1.807, 2.05) is 0 Å². The zero-order chi connectivity index (χ0) is 6.24. The minimum atomic E-state index is 0.240. The highest BCUT2D eigenvalue weighted by Crippen LogP contribution is 1.82. The molecule has 0 heterocycles. The van der Waals surface area contributed by atoms with Gasteiger partial charge in [-0.2, -0.15) is 0 Å². The monoisotopic (exact) mass is 118 g/mol. The van der Waals surface area contributed by atoms with Crippen LogP contribution in [-0.4, -0.2) is 24.9 Å². The lowest BCUT2D eigenvalue weighted by Crippen LogP contribution is -1.97. The Labute approximate surface area is 50.5 Å². The maximum absolute atomic E-state index is 8.29. The zero-order valence-electron chi connectivity index (χ0n) is 5.39. The number of aliphatic hydroxyl groups is 1. The lowest BCUT2D eigenvalue weighted by atomic mass is 10.5. The predicted molar refractivity (Wildman–Crippen MR) is 32.8 cm³/mol. The van der Waals surface area contributed by atoms with Gasteiger partial charge >= 0.3 is 0 Å². The van der Waals surface area contributed by atoms with Crippen molar-refractivity contribution in [2.24, 2.45) is 0 Å². The van der Waals surface area contributed by atoms with E-state index in [0.717, 1.165) is 19.4 Å². The molecule has 0 atom stereocenters. The molecule has 0 aromatic heterocycles. The molecule has 0 radical (unpaired) electrons. The summed E-state index contributed by atoms with van der Waals surface area (Å²) in [4.78, 5) is 0. The fourth-order valence-electron chi connectivity index (χ4n) is 0.413. The van der Waals surface area contributed by atoms with Crippen LogP contribution in [0.3, 0.4) is 0 Å². The molecule has 0 saturated carbocycles. The van der Waals surface area contributed by atoms with Gasteiger partial charge in [0.25, 0.3) is 0 Å². The first kappa shape index (κ1) is 7.92. The van der Waals surface area contributed by atoms with E-state index in [4.69, 9.17) is 9.84 Å². The molecule has 1 N–H and O–H groups in total. The highest BCUT2D eigenvalue weighted by molar-refractivity contribution is 4.30. The van der Waals surface area contributed by atoms with Gasteiger partial charge in [-0.3, -0.25) is 0 Å². The van der Waals surface area contributed by atoms with Crippen LogP contribution < -0.4 is 0 Å². The smallest absolute Gasteiger partial charge is 0.0487 e. The Morgan fingerprint density at radius 3 is 2.62 bits per heavy atom. The summed E-state index contributed by atoms with van der Waals surface area (Å²) >= 11 is 0. The van der Waals surface area contributed by atoms with Crippen LogP contribution in [-0.2, 0) is 4.74 Å². The van der Waals surface area contributed by atoms with E-state index in [9.17, 15) is 0 Å². The predicted octanol–water partition coefficient (Wildman–Crippen LogP) is 0.795. The normalized spacial score (nSPS) is 9.75. The standard InChI is InChI=1S/C6H14O2/c1-2-5-8-6-3-4-7/h7H,2-6H2,1H3. The van der Waals surface area contributed by atoms with E-state index in [1.54, 1.807) is 0 Å². The second-order valence-electron chi connectivity index (χ2n) is 1.69. The van der Waals surface area contributed by atoms with Gasteiger partial charge in [0, 0.05) is 19.8 Å². The third kappa shape index (κ3) is 5.92. The lowest BCUT2D eigenvalue weighted by Gasteiger charge is -1.97. The van der Waals surface area contributed by atoms with Crippen LogP contribution in [0.1, 0.15) is 19.8 Å². The summed E-state index contributed by atoms with van der Waals surface area (Å²) in [5, 5.41) is 8.29. The van der Waals surface area contributed by atoms with E-state index in [1.165, 1.54) is 0 Å². The maximum atomic E-state index is 8.29. The van der Waals surface area contributed by atoms with Crippen LogP contribution in [0.4, 0.5) is 0 Å². The molecule has 50 valence electrons. The Morgan fingerprint density at radius 1 is 1.38 bits per heavy atom. The van der Waals surface area contributed by atoms with Crippen molar-refractivity contribution in [2.45, 2.75) is 19.8 Å². The molecule has 0 aliphatic heterocycles. The van der Waals surface area contributed by atoms with Gasteiger partial charge in [0.15, 0.2) is 0 Å². The van der Waals surface area contributed by atoms with Gasteiger partial charge in [0.2, 0.25) is 0 Å². The Kier molecular flexibility index (Phi) is 6.85. The average Bonchev–Trinajstić information content (AvgIpc) is 1.81. The summed E-state index contributed by atoms with van der Waals surface area (Å²) in [6.07, 6.45) is 1.82. The molecule has 0 bridgehead atoms. The molecule has 0 aliphatic rings. The molecule has 0 amide bonds. The molecule has 8 heavy (non-hydrogen) atoms. The molecule has 0 fully saturated rings. The minimum Gasteiger partial charge on any atom is -0.396 e. The average molecular weight is 118 g/mol. The molecular formula is C6H14O2. The van der Waals surface area contributed by atoms with Crippen molar-refractivity contribution in [3.8, 4) is 0 Å². The molecule has 2 nitrogen and oxygen atoms in total. The largest absolute Gasteiger partial charge is 0.396 e. The van der Waals surface area contributed by atoms with Crippen LogP contribution in [0.25, 0.3) is 0 Å². The summed E-state index contributed by atoms with van der Waals surface area (Å²) in [5.74, 6) is 0. The summed E-state index contributed by atoms with van der Waals surface area (Å²) in [7, 11) is 0. The van der Waals surface area contributed by atoms with Gasteiger partial charge in [-0.1, -0.05) is 6.92 Å². The fourth-order valence-corrected chi connectivity index (χ4v) is 0.413. The molecule has 2 heteroatoms. The molecule has 0 spiro atoms. The first-order valence-corrected chi connectivity index (χ1v) is 3.10. The van der Waals surface area contributed by atoms with Crippen LogP contribution in [0.5, 0.6) is 0 Å². The van der Waals surface area contributed by atoms with Crippen LogP contribution in [0.2, 0.25) is 0 Å². The van der Waals surface area contributed by atoms with Crippen LogP contribution >= 0.6 is 0 Å². The van der Waals surface area contributed by atoms with Crippen LogP contribution in [0, 0.1) is 0 Å². The SMILES string of the molecule is CCCOCCCO. The summed E-state index contributed by atoms with van der Waals surface area (Å²) in [6.45, 7) is 3.83. The van der Waals surface area contributed by atoms with Crippen molar-refractivity contribution in [1.82, 2.24) is 0 Å². The van der Waals surface area contributed by atoms with Gasteiger partial charge in [0.1, 0.15) is 0 Å². The highest BCUT2D eigenvalue weighted by atomic mass is 16.5. The van der Waals surface area contributed by atoms with Gasteiger partial charge in [-0.25, -0.2) is 0 Å². The second kappa shape index (κ2) is 6.92. The Balaban J connectivity index is 2.53. The van der Waals surface area contributed by atoms with E-state index >= 15 is 0 Å². The van der Waals surface area contributed by atoms with Crippen LogP contribution in [0.15, 0.2) is 0 Å². The first-order valence-electron chi connectivity index (χ1n) is 3.10. The number of rotatable bonds is 5. The van der Waals surface area contributed by atoms with Gasteiger partial charge < -0.3 is 9.84 Å². The number of hydrogen-bond donors (Lipinski definition) is 1. The van der Waals surface area contributed by atoms with E-state index in [0.29, 0.717) is 6.61 Å². The second-order valence-corrected chi connectivity index (χ2v) is 1.69. The summed E-state index contributed by atoms with van der Waals surface area (Å²) < 4.78 is 5.06. The van der Waals surface area contributed by atoms with E-state index in [-0.39, 0.29) is 6.61 Å². The van der Waals surface area contributed by atoms with Crippen molar-refractivity contribution < 1.29 is 9.84 Å². The third-order valence-corrected chi connectivity index (χ3v) is 0.795. The van der Waals surface area contributed by atoms with Gasteiger partial charge in [-0.15, -0.1) is 0 Å². The number of hydrogen-bond acceptors (Lipinski definition) is 2. The fraction of sp³-hybridized carbons (Fsp3) is 1.00. The minimum absolute atomic E-state index is 0.240. The van der Waals surface area contributed by atoms with E-state index < -0.39 is 0 Å². The molecule has 0 aliphatic carbocycles. The summed E-state index contributed by atoms with van der Waals surface area (Å²) in [6, 6.07) is 0. The molecular weight excluding hydrogens is 104 g/mol. The summed E-state index contributed by atoms with van der Waals surface area (Å²) in [5.41, 5.74) is 0. The van der Waals surface area contributed by atoms with Crippen molar-refractivity contribution >= 4 is 0 Å². The Hall–Kier alpha value is -0.0800. The topological polar surface area (TPSA) is 29.5 Å². The quantitative estimate of drug-likeness (QED) is 0.541. The molecule has 0 aromatic rings. The van der Waals surface area contributed by atoms with Crippen molar-refractivity contribution in [3.05, 3.63) is 0 Å². The third-order valence-electron chi connectivity index (χ3n) is 0.795. The first-order chi connectivity index (χ1) is 3.91. The van der Waals surface area contributed by atoms with Crippen molar-refractivity contribution in [2.75, 3.05) is 19.8 Å². The Morgan fingerprint density at radius 2 is 2.12 bits per heavy atom. The van der Waals surface area contributed by atoms with Crippen molar-refractivity contribution in [1.29, 1.82) is 0 Å². The molecule has 0 saturated heterocycles. The maximum Gasteiger partial charge on any atom is 0.0487 e. The molecule has 0 aromatic carbocycles. The van der Waals surface area contributed by atoms with E-state index in [2.05, 4.69) is 6.92 Å². The van der Waals surface area contributed by atoms with Crippen molar-refractivity contribution in [3.63, 3.8) is 0 Å². The Bertz CT molecular complexity index is 31.5.